The second kappa shape index (κ2) is 5.99. The molecule has 0 bridgehead atoms. The van der Waals surface area contributed by atoms with Crippen LogP contribution in [0.15, 0.2) is 48.3 Å². The number of hydrogen-bond acceptors (Lipinski definition) is 4. The van der Waals surface area contributed by atoms with Crippen molar-refractivity contribution < 1.29 is 14.5 Å². The number of carbonyl (C=O) groups is 2. The summed E-state index contributed by atoms with van der Waals surface area (Å²) in [5.41, 5.74) is 1.58. The second-order valence-corrected chi connectivity index (χ2v) is 5.11. The summed E-state index contributed by atoms with van der Waals surface area (Å²) in [6.07, 6.45) is 3.35. The molecule has 1 saturated heterocycles. The molecule has 0 saturated carbocycles. The van der Waals surface area contributed by atoms with Crippen LogP contribution in [-0.2, 0) is 4.79 Å². The van der Waals surface area contributed by atoms with Gasteiger partial charge in [-0.1, -0.05) is 0 Å². The monoisotopic (exact) mass is 326 g/mol. The second-order valence-electron chi connectivity index (χ2n) is 5.11. The number of hydrogen-bond donors (Lipinski definition) is 1. The average Bonchev–Trinajstić information content (AvgIpc) is 3.12. The lowest BCUT2D eigenvalue weighted by Gasteiger charge is -2.07. The molecule has 0 unspecified atom stereocenters. The molecule has 3 rings (SSSR count). The van der Waals surface area contributed by atoms with Crippen LogP contribution in [0.1, 0.15) is 12.6 Å². The van der Waals surface area contributed by atoms with E-state index >= 15 is 0 Å². The zero-order chi connectivity index (χ0) is 17.3. The fourth-order valence-corrected chi connectivity index (χ4v) is 2.49. The summed E-state index contributed by atoms with van der Waals surface area (Å²) in [4.78, 5) is 35.2. The van der Waals surface area contributed by atoms with Crippen molar-refractivity contribution in [2.45, 2.75) is 6.92 Å². The van der Waals surface area contributed by atoms with Crippen LogP contribution in [0.5, 0.6) is 0 Å². The molecule has 8 nitrogen and oxygen atoms in total. The van der Waals surface area contributed by atoms with Crippen molar-refractivity contribution in [2.75, 3.05) is 6.54 Å². The van der Waals surface area contributed by atoms with Gasteiger partial charge in [-0.15, -0.1) is 0 Å². The lowest BCUT2D eigenvalue weighted by atomic mass is 10.2. The number of likely N-dealkylation sites (N-methyl/N-ethyl adjacent to an activating group) is 1. The molecule has 1 aromatic carbocycles. The van der Waals surface area contributed by atoms with E-state index in [1.165, 1.54) is 12.1 Å². The third-order valence-electron chi connectivity index (χ3n) is 3.69. The summed E-state index contributed by atoms with van der Waals surface area (Å²) in [5, 5.41) is 13.3. The van der Waals surface area contributed by atoms with Crippen molar-refractivity contribution in [1.82, 2.24) is 14.8 Å². The van der Waals surface area contributed by atoms with E-state index < -0.39 is 11.0 Å². The van der Waals surface area contributed by atoms with Crippen molar-refractivity contribution in [3.63, 3.8) is 0 Å². The highest BCUT2D eigenvalue weighted by atomic mass is 16.6. The van der Waals surface area contributed by atoms with E-state index in [0.29, 0.717) is 17.9 Å². The highest BCUT2D eigenvalue weighted by molar-refractivity contribution is 6.13. The van der Waals surface area contributed by atoms with Gasteiger partial charge in [0.05, 0.1) is 4.92 Å². The number of aromatic nitrogens is 1. The van der Waals surface area contributed by atoms with Gasteiger partial charge in [-0.2, -0.15) is 0 Å². The number of non-ortho nitro benzene ring substituents is 1. The molecule has 0 aliphatic carbocycles. The van der Waals surface area contributed by atoms with Gasteiger partial charge in [0, 0.05) is 36.3 Å². The minimum absolute atomic E-state index is 0.00244. The van der Waals surface area contributed by atoms with Crippen LogP contribution >= 0.6 is 0 Å². The minimum atomic E-state index is -0.464. The predicted octanol–water partition coefficient (Wildman–Crippen LogP) is 2.30. The first-order chi connectivity index (χ1) is 11.5. The fraction of sp³-hybridized carbons (Fsp3) is 0.125. The van der Waals surface area contributed by atoms with Crippen LogP contribution in [0.2, 0.25) is 0 Å². The first-order valence-electron chi connectivity index (χ1n) is 7.28. The van der Waals surface area contributed by atoms with Gasteiger partial charge >= 0.3 is 6.03 Å². The summed E-state index contributed by atoms with van der Waals surface area (Å²) >= 11 is 0. The van der Waals surface area contributed by atoms with Gasteiger partial charge in [0.15, 0.2) is 0 Å². The molecule has 2 aromatic rings. The third-order valence-corrected chi connectivity index (χ3v) is 3.69. The van der Waals surface area contributed by atoms with E-state index in [1.807, 2.05) is 0 Å². The van der Waals surface area contributed by atoms with Crippen LogP contribution in [0.25, 0.3) is 11.8 Å². The highest BCUT2D eigenvalue weighted by Gasteiger charge is 2.32. The largest absolute Gasteiger partial charge is 0.328 e. The maximum Gasteiger partial charge on any atom is 0.328 e. The Balaban J connectivity index is 1.94. The molecule has 0 radical (unpaired) electrons. The molecule has 1 N–H and O–H groups in total. The van der Waals surface area contributed by atoms with Crippen LogP contribution in [0.4, 0.5) is 10.5 Å². The van der Waals surface area contributed by atoms with Gasteiger partial charge < -0.3 is 9.88 Å². The number of nitrogens with one attached hydrogen (secondary N) is 1. The Morgan fingerprint density at radius 1 is 1.21 bits per heavy atom. The number of nitro benzene ring substituents is 1. The highest BCUT2D eigenvalue weighted by Crippen LogP contribution is 2.20. The normalized spacial score (nSPS) is 15.9. The molecule has 0 atom stereocenters. The summed E-state index contributed by atoms with van der Waals surface area (Å²) in [6.45, 7) is 2.02. The molecule has 2 heterocycles. The third kappa shape index (κ3) is 2.65. The lowest BCUT2D eigenvalue weighted by molar-refractivity contribution is -0.384. The lowest BCUT2D eigenvalue weighted by Crippen LogP contribution is -2.30. The van der Waals surface area contributed by atoms with E-state index in [1.54, 1.807) is 48.0 Å². The molecule has 1 aromatic heterocycles. The van der Waals surface area contributed by atoms with Crippen molar-refractivity contribution in [2.24, 2.45) is 0 Å². The SMILES string of the molecule is CCN1C(=O)N/C(=C/c2cccn2-c2ccc([N+](=O)[O-])cc2)C1=O. The van der Waals surface area contributed by atoms with Crippen molar-refractivity contribution in [3.05, 3.63) is 64.1 Å². The maximum absolute atomic E-state index is 12.1. The van der Waals surface area contributed by atoms with Crippen molar-refractivity contribution in [3.8, 4) is 5.69 Å². The molecule has 1 aliphatic rings. The minimum Gasteiger partial charge on any atom is -0.317 e. The molecule has 8 heteroatoms. The van der Waals surface area contributed by atoms with Crippen LogP contribution in [0, 0.1) is 10.1 Å². The van der Waals surface area contributed by atoms with E-state index in [9.17, 15) is 19.7 Å². The van der Waals surface area contributed by atoms with Crippen molar-refractivity contribution >= 4 is 23.7 Å². The molecule has 1 fully saturated rings. The van der Waals surface area contributed by atoms with Gasteiger partial charge in [-0.3, -0.25) is 19.8 Å². The molecule has 122 valence electrons. The van der Waals surface area contributed by atoms with Gasteiger partial charge in [0.25, 0.3) is 11.6 Å². The van der Waals surface area contributed by atoms with E-state index in [0.717, 1.165) is 4.90 Å². The molecule has 24 heavy (non-hydrogen) atoms. The van der Waals surface area contributed by atoms with Gasteiger partial charge in [0.2, 0.25) is 0 Å². The Morgan fingerprint density at radius 2 is 1.92 bits per heavy atom. The quantitative estimate of drug-likeness (QED) is 0.403. The number of nitro groups is 1. The Hall–Kier alpha value is -3.42. The molecule has 3 amide bonds. The number of carbonyl (C=O) groups excluding carboxylic acids is 2. The van der Waals surface area contributed by atoms with E-state index in [-0.39, 0.29) is 17.3 Å². The van der Waals surface area contributed by atoms with Gasteiger partial charge in [0.1, 0.15) is 5.70 Å². The summed E-state index contributed by atoms with van der Waals surface area (Å²) in [7, 11) is 0. The van der Waals surface area contributed by atoms with Gasteiger partial charge in [-0.05, 0) is 37.3 Å². The summed E-state index contributed by atoms with van der Waals surface area (Å²) < 4.78 is 1.77. The molecule has 1 aliphatic heterocycles. The molecular formula is C16H14N4O4. The number of urea groups is 1. The first-order valence-corrected chi connectivity index (χ1v) is 7.28. The van der Waals surface area contributed by atoms with Crippen LogP contribution < -0.4 is 5.32 Å². The maximum atomic E-state index is 12.1. The van der Waals surface area contributed by atoms with E-state index in [4.69, 9.17) is 0 Å². The standard InChI is InChI=1S/C16H14N4O4/c1-2-18-15(21)14(17-16(18)22)10-13-4-3-9-19(13)11-5-7-12(8-6-11)20(23)24/h3-10H,2H2,1H3,(H,17,22)/b14-10+. The molecular weight excluding hydrogens is 312 g/mol. The van der Waals surface area contributed by atoms with E-state index in [2.05, 4.69) is 5.32 Å². The Kier molecular flexibility index (Phi) is 3.87. The first kappa shape index (κ1) is 15.5. The fourth-order valence-electron chi connectivity index (χ4n) is 2.49. The number of benzene rings is 1. The number of amides is 3. The molecule has 0 spiro atoms. The predicted molar refractivity (Wildman–Crippen MR) is 86.3 cm³/mol. The number of nitrogens with zero attached hydrogens (tertiary/aromatic N) is 3. The average molecular weight is 326 g/mol. The van der Waals surface area contributed by atoms with Gasteiger partial charge in [-0.25, -0.2) is 4.79 Å². The Labute approximate surface area is 137 Å². The summed E-state index contributed by atoms with van der Waals surface area (Å²) in [5.74, 6) is -0.376. The Morgan fingerprint density at radius 3 is 2.50 bits per heavy atom. The summed E-state index contributed by atoms with van der Waals surface area (Å²) in [6, 6.07) is 9.18. The number of imide groups is 1. The smallest absolute Gasteiger partial charge is 0.317 e. The Bertz CT molecular complexity index is 851. The topological polar surface area (TPSA) is 97.5 Å². The van der Waals surface area contributed by atoms with Crippen molar-refractivity contribution in [1.29, 1.82) is 0 Å². The zero-order valence-electron chi connectivity index (χ0n) is 12.8. The number of rotatable bonds is 4. The van der Waals surface area contributed by atoms with Crippen LogP contribution in [-0.4, -0.2) is 32.9 Å². The van der Waals surface area contributed by atoms with Crippen LogP contribution in [0.3, 0.4) is 0 Å². The zero-order valence-corrected chi connectivity index (χ0v) is 12.8.